The van der Waals surface area contributed by atoms with Gasteiger partial charge >= 0.3 is 0 Å². The molecule has 2 aromatic rings. The largest absolute Gasteiger partial charge is 0.496 e. The van der Waals surface area contributed by atoms with Crippen LogP contribution in [-0.4, -0.2) is 31.1 Å². The number of hydrogen-bond acceptors (Lipinski definition) is 4. The highest BCUT2D eigenvalue weighted by Crippen LogP contribution is 2.18. The summed E-state index contributed by atoms with van der Waals surface area (Å²) in [7, 11) is 1.63. The van der Waals surface area contributed by atoms with Gasteiger partial charge in [-0.05, 0) is 31.0 Å². The molecule has 5 heteroatoms. The van der Waals surface area contributed by atoms with E-state index in [2.05, 4.69) is 29.0 Å². The Morgan fingerprint density at radius 1 is 1.16 bits per heavy atom. The summed E-state index contributed by atoms with van der Waals surface area (Å²) in [5, 5.41) is 2.92. The zero-order valence-electron chi connectivity index (χ0n) is 15.3. The molecule has 134 valence electrons. The van der Waals surface area contributed by atoms with Gasteiger partial charge in [-0.3, -0.25) is 9.78 Å². The number of amides is 1. The fourth-order valence-corrected chi connectivity index (χ4v) is 2.77. The van der Waals surface area contributed by atoms with E-state index in [0.29, 0.717) is 12.2 Å². The van der Waals surface area contributed by atoms with Crippen LogP contribution >= 0.6 is 0 Å². The highest BCUT2D eigenvalue weighted by atomic mass is 16.5. The molecule has 1 aromatic heterocycles. The second-order valence-corrected chi connectivity index (χ2v) is 5.88. The van der Waals surface area contributed by atoms with Crippen molar-refractivity contribution in [3.05, 3.63) is 53.9 Å². The normalized spacial score (nSPS) is 10.4. The Kier molecular flexibility index (Phi) is 7.26. The van der Waals surface area contributed by atoms with Gasteiger partial charge in [-0.2, -0.15) is 0 Å². The summed E-state index contributed by atoms with van der Waals surface area (Å²) in [6, 6.07) is 11.5. The third-order valence-electron chi connectivity index (χ3n) is 3.96. The van der Waals surface area contributed by atoms with E-state index < -0.39 is 0 Å². The first-order chi connectivity index (χ1) is 12.2. The van der Waals surface area contributed by atoms with Crippen molar-refractivity contribution in [2.75, 3.05) is 25.1 Å². The van der Waals surface area contributed by atoms with Crippen molar-refractivity contribution >= 4 is 11.6 Å². The van der Waals surface area contributed by atoms with Gasteiger partial charge in [0.2, 0.25) is 0 Å². The summed E-state index contributed by atoms with van der Waals surface area (Å²) >= 11 is 0. The van der Waals surface area contributed by atoms with Crippen molar-refractivity contribution in [2.45, 2.75) is 33.2 Å². The highest BCUT2D eigenvalue weighted by Gasteiger charge is 2.12. The van der Waals surface area contributed by atoms with Crippen LogP contribution in [0.1, 0.15) is 42.7 Å². The molecule has 25 heavy (non-hydrogen) atoms. The van der Waals surface area contributed by atoms with E-state index in [-0.39, 0.29) is 5.91 Å². The van der Waals surface area contributed by atoms with E-state index >= 15 is 0 Å². The molecule has 0 unspecified atom stereocenters. The molecule has 0 spiro atoms. The monoisotopic (exact) mass is 341 g/mol. The molecule has 0 saturated carbocycles. The van der Waals surface area contributed by atoms with Gasteiger partial charge in [0.1, 0.15) is 11.4 Å². The predicted molar refractivity (Wildman–Crippen MR) is 101 cm³/mol. The Balaban J connectivity index is 2.07. The van der Waals surface area contributed by atoms with Crippen LogP contribution in [0.5, 0.6) is 5.75 Å². The van der Waals surface area contributed by atoms with E-state index in [0.717, 1.165) is 42.9 Å². The van der Waals surface area contributed by atoms with Crippen LogP contribution in [0.4, 0.5) is 5.69 Å². The van der Waals surface area contributed by atoms with Crippen molar-refractivity contribution in [3.63, 3.8) is 0 Å². The lowest BCUT2D eigenvalue weighted by Gasteiger charge is -2.23. The summed E-state index contributed by atoms with van der Waals surface area (Å²) in [5.74, 6) is 0.585. The minimum absolute atomic E-state index is 0.180. The van der Waals surface area contributed by atoms with Gasteiger partial charge in [0, 0.05) is 37.1 Å². The third-order valence-corrected chi connectivity index (χ3v) is 3.96. The highest BCUT2D eigenvalue weighted by molar-refractivity contribution is 5.93. The van der Waals surface area contributed by atoms with E-state index in [4.69, 9.17) is 4.74 Å². The number of rotatable bonds is 9. The molecule has 2 rings (SSSR count). The second kappa shape index (κ2) is 9.67. The predicted octanol–water partition coefficient (Wildman–Crippen LogP) is 3.65. The standard InChI is InChI=1S/C20H27N3O2/c1-4-12-23(13-5-2)17-10-11-21-18(14-17)20(24)22-15-16-8-6-7-9-19(16)25-3/h6-11,14H,4-5,12-13,15H2,1-3H3,(H,22,24). The Morgan fingerprint density at radius 3 is 2.56 bits per heavy atom. The molecule has 1 aromatic carbocycles. The SMILES string of the molecule is CCCN(CCC)c1ccnc(C(=O)NCc2ccccc2OC)c1. The average molecular weight is 341 g/mol. The van der Waals surface area contributed by atoms with E-state index in [9.17, 15) is 4.79 Å². The number of pyridine rings is 1. The Bertz CT molecular complexity index is 682. The van der Waals surface area contributed by atoms with Gasteiger partial charge in [0.15, 0.2) is 0 Å². The quantitative estimate of drug-likeness (QED) is 0.756. The molecule has 0 bridgehead atoms. The number of methoxy groups -OCH3 is 1. The lowest BCUT2D eigenvalue weighted by Crippen LogP contribution is -2.27. The number of carbonyl (C=O) groups excluding carboxylic acids is 1. The lowest BCUT2D eigenvalue weighted by atomic mass is 10.2. The second-order valence-electron chi connectivity index (χ2n) is 5.88. The number of hydrogen-bond donors (Lipinski definition) is 1. The van der Waals surface area contributed by atoms with Gasteiger partial charge < -0.3 is 15.0 Å². The minimum atomic E-state index is -0.180. The molecule has 0 aliphatic carbocycles. The molecule has 0 fully saturated rings. The van der Waals surface area contributed by atoms with Crippen LogP contribution in [0.15, 0.2) is 42.6 Å². The first-order valence-electron chi connectivity index (χ1n) is 8.80. The maximum atomic E-state index is 12.5. The molecule has 1 heterocycles. The first kappa shape index (κ1) is 18.8. The summed E-state index contributed by atoms with van der Waals surface area (Å²) in [6.07, 6.45) is 3.83. The van der Waals surface area contributed by atoms with Crippen LogP contribution < -0.4 is 15.0 Å². The van der Waals surface area contributed by atoms with Crippen LogP contribution in [0.2, 0.25) is 0 Å². The number of nitrogens with one attached hydrogen (secondary N) is 1. The van der Waals surface area contributed by atoms with Crippen molar-refractivity contribution in [1.29, 1.82) is 0 Å². The Morgan fingerprint density at radius 2 is 1.88 bits per heavy atom. The van der Waals surface area contributed by atoms with Crippen molar-refractivity contribution in [2.24, 2.45) is 0 Å². The van der Waals surface area contributed by atoms with Gasteiger partial charge in [0.05, 0.1) is 7.11 Å². The van der Waals surface area contributed by atoms with Gasteiger partial charge in [-0.25, -0.2) is 0 Å². The number of anilines is 1. The van der Waals surface area contributed by atoms with Crippen molar-refractivity contribution in [3.8, 4) is 5.75 Å². The van der Waals surface area contributed by atoms with Gasteiger partial charge in [-0.1, -0.05) is 32.0 Å². The smallest absolute Gasteiger partial charge is 0.270 e. The summed E-state index contributed by atoms with van der Waals surface area (Å²) < 4.78 is 5.31. The third kappa shape index (κ3) is 5.21. The Hall–Kier alpha value is -2.56. The average Bonchev–Trinajstić information content (AvgIpc) is 2.66. The molecule has 1 amide bonds. The first-order valence-corrected chi connectivity index (χ1v) is 8.80. The van der Waals surface area contributed by atoms with Gasteiger partial charge in [-0.15, -0.1) is 0 Å². The van der Waals surface area contributed by atoms with Crippen LogP contribution in [0.3, 0.4) is 0 Å². The molecule has 0 radical (unpaired) electrons. The number of nitrogens with zero attached hydrogens (tertiary/aromatic N) is 2. The number of ether oxygens (including phenoxy) is 1. The molecular weight excluding hydrogens is 314 g/mol. The Labute approximate surface area is 150 Å². The number of para-hydroxylation sites is 1. The maximum absolute atomic E-state index is 12.5. The van der Waals surface area contributed by atoms with E-state index in [1.54, 1.807) is 13.3 Å². The van der Waals surface area contributed by atoms with Crippen molar-refractivity contribution < 1.29 is 9.53 Å². The zero-order valence-corrected chi connectivity index (χ0v) is 15.3. The van der Waals surface area contributed by atoms with E-state index in [1.807, 2.05) is 36.4 Å². The maximum Gasteiger partial charge on any atom is 0.270 e. The molecule has 0 saturated heterocycles. The molecule has 0 aliphatic rings. The summed E-state index contributed by atoms with van der Waals surface area (Å²) in [4.78, 5) is 19.0. The van der Waals surface area contributed by atoms with Crippen molar-refractivity contribution in [1.82, 2.24) is 10.3 Å². The zero-order chi connectivity index (χ0) is 18.1. The van der Waals surface area contributed by atoms with E-state index in [1.165, 1.54) is 0 Å². The molecule has 1 N–H and O–H groups in total. The molecule has 0 aliphatic heterocycles. The fourth-order valence-electron chi connectivity index (χ4n) is 2.77. The molecule has 0 atom stereocenters. The summed E-state index contributed by atoms with van der Waals surface area (Å²) in [6.45, 7) is 6.66. The molecular formula is C20H27N3O2. The molecule has 5 nitrogen and oxygen atoms in total. The number of aromatic nitrogens is 1. The van der Waals surface area contributed by atoms with Gasteiger partial charge in [0.25, 0.3) is 5.91 Å². The minimum Gasteiger partial charge on any atom is -0.496 e. The van der Waals surface area contributed by atoms with Crippen LogP contribution in [-0.2, 0) is 6.54 Å². The topological polar surface area (TPSA) is 54.5 Å². The van der Waals surface area contributed by atoms with Crippen LogP contribution in [0, 0.1) is 0 Å². The fraction of sp³-hybridized carbons (Fsp3) is 0.400. The number of benzene rings is 1. The summed E-state index contributed by atoms with van der Waals surface area (Å²) in [5.41, 5.74) is 2.42. The van der Waals surface area contributed by atoms with Crippen LogP contribution in [0.25, 0.3) is 0 Å². The lowest BCUT2D eigenvalue weighted by molar-refractivity contribution is 0.0945. The number of carbonyl (C=O) groups is 1.